The summed E-state index contributed by atoms with van der Waals surface area (Å²) in [6.45, 7) is 2.46. The third-order valence-electron chi connectivity index (χ3n) is 9.46. The number of carboxylic acid groups (broad SMARTS) is 1. The van der Waals surface area contributed by atoms with E-state index in [0.717, 1.165) is 22.3 Å². The number of piperidine rings is 1. The van der Waals surface area contributed by atoms with E-state index in [4.69, 9.17) is 9.90 Å². The quantitative estimate of drug-likeness (QED) is 0.261. The number of aliphatic carboxylic acids is 1. The van der Waals surface area contributed by atoms with Crippen LogP contribution in [0.25, 0.3) is 22.3 Å². The molecule has 21 heteroatoms. The van der Waals surface area contributed by atoms with Crippen LogP contribution in [-0.2, 0) is 23.1 Å². The van der Waals surface area contributed by atoms with Crippen molar-refractivity contribution >= 4 is 22.9 Å². The predicted molar refractivity (Wildman–Crippen MR) is 169 cm³/mol. The van der Waals surface area contributed by atoms with Gasteiger partial charge in [0.05, 0.1) is 30.1 Å². The second kappa shape index (κ2) is 14.7. The molecule has 3 aliphatic rings. The highest BCUT2D eigenvalue weighted by atomic mass is 19.4. The summed E-state index contributed by atoms with van der Waals surface area (Å²) in [5.41, 5.74) is 1.53. The molecule has 0 unspecified atom stereocenters. The third kappa shape index (κ3) is 8.22. The van der Waals surface area contributed by atoms with Gasteiger partial charge < -0.3 is 15.0 Å². The number of nitrogens with zero attached hydrogens (tertiary/aromatic N) is 10. The van der Waals surface area contributed by atoms with Crippen molar-refractivity contribution in [3.05, 3.63) is 54.3 Å². The van der Waals surface area contributed by atoms with Gasteiger partial charge in [0.1, 0.15) is 29.4 Å². The van der Waals surface area contributed by atoms with Gasteiger partial charge in [-0.25, -0.2) is 29.1 Å². The molecule has 0 bridgehead atoms. The Morgan fingerprint density at radius 1 is 1.06 bits per heavy atom. The number of amides is 1. The van der Waals surface area contributed by atoms with E-state index in [9.17, 15) is 40.8 Å². The second-order valence-corrected chi connectivity index (χ2v) is 13.1. The molecule has 7 heterocycles. The normalized spacial score (nSPS) is 19.7. The van der Waals surface area contributed by atoms with Crippen LogP contribution in [0.2, 0.25) is 0 Å². The Morgan fingerprint density at radius 2 is 1.77 bits per heavy atom. The van der Waals surface area contributed by atoms with Crippen LogP contribution in [0.15, 0.2) is 37.1 Å². The van der Waals surface area contributed by atoms with Crippen molar-refractivity contribution in [3.63, 3.8) is 0 Å². The number of H-pyrrole nitrogens is 1. The van der Waals surface area contributed by atoms with Crippen molar-refractivity contribution in [2.75, 3.05) is 39.3 Å². The number of alkyl halides is 7. The molecule has 0 aliphatic carbocycles. The van der Waals surface area contributed by atoms with E-state index in [0.29, 0.717) is 52.0 Å². The molecule has 0 radical (unpaired) electrons. The van der Waals surface area contributed by atoms with Crippen LogP contribution in [0, 0.1) is 11.3 Å². The van der Waals surface area contributed by atoms with E-state index in [2.05, 4.69) is 41.0 Å². The van der Waals surface area contributed by atoms with Crippen LogP contribution in [0.5, 0.6) is 0 Å². The highest BCUT2D eigenvalue weighted by Crippen LogP contribution is 2.37. The van der Waals surface area contributed by atoms with Crippen molar-refractivity contribution in [3.8, 4) is 17.3 Å². The lowest BCUT2D eigenvalue weighted by Gasteiger charge is -2.53. The molecule has 282 valence electrons. The molecule has 1 amide bonds. The summed E-state index contributed by atoms with van der Waals surface area (Å²) in [4.78, 5) is 46.7. The minimum absolute atomic E-state index is 0.0149. The molecular weight excluding hydrogens is 719 g/mol. The Balaban J connectivity index is 0.000000626. The van der Waals surface area contributed by atoms with Crippen LogP contribution in [0.4, 0.5) is 30.7 Å². The van der Waals surface area contributed by atoms with Crippen LogP contribution in [0.3, 0.4) is 0 Å². The summed E-state index contributed by atoms with van der Waals surface area (Å²) >= 11 is 0. The zero-order valence-corrected chi connectivity index (χ0v) is 27.8. The van der Waals surface area contributed by atoms with E-state index in [1.807, 2.05) is 16.9 Å². The Morgan fingerprint density at radius 3 is 2.40 bits per heavy atom. The SMILES string of the molecule is N#CCC1(n2cc(-c3ncnc4[nH]ccc34)cn2)CN(C2CCN(C(=O)c3cc(CN4CC[C@H](F)C4)nc(C(F)(F)F)n3)CC2)C1.O=C(O)C(F)(F)F. The molecule has 2 N–H and O–H groups in total. The largest absolute Gasteiger partial charge is 0.490 e. The summed E-state index contributed by atoms with van der Waals surface area (Å²) < 4.78 is 88.1. The van der Waals surface area contributed by atoms with Gasteiger partial charge in [-0.05, 0) is 31.4 Å². The number of nitriles is 1. The molecule has 4 aromatic rings. The van der Waals surface area contributed by atoms with E-state index in [-0.39, 0.29) is 36.9 Å². The number of aromatic nitrogens is 7. The predicted octanol–water partition coefficient (Wildman–Crippen LogP) is 4.04. The van der Waals surface area contributed by atoms with E-state index < -0.39 is 41.8 Å². The molecule has 0 saturated carbocycles. The van der Waals surface area contributed by atoms with Crippen LogP contribution < -0.4 is 0 Å². The number of fused-ring (bicyclic) bond motifs is 1. The van der Waals surface area contributed by atoms with Gasteiger partial charge in [0.15, 0.2) is 0 Å². The molecule has 3 saturated heterocycles. The van der Waals surface area contributed by atoms with Gasteiger partial charge in [0.2, 0.25) is 5.82 Å². The summed E-state index contributed by atoms with van der Waals surface area (Å²) in [6.07, 6.45) is -2.14. The molecule has 3 fully saturated rings. The number of carboxylic acids is 1. The number of aromatic amines is 1. The van der Waals surface area contributed by atoms with Gasteiger partial charge in [0, 0.05) is 75.2 Å². The first kappa shape index (κ1) is 37.5. The van der Waals surface area contributed by atoms with Gasteiger partial charge in [-0.3, -0.25) is 19.3 Å². The third-order valence-corrected chi connectivity index (χ3v) is 9.46. The molecule has 0 aromatic carbocycles. The first-order valence-corrected chi connectivity index (χ1v) is 16.4. The fourth-order valence-corrected chi connectivity index (χ4v) is 6.83. The molecule has 14 nitrogen and oxygen atoms in total. The lowest BCUT2D eigenvalue weighted by Crippen LogP contribution is -2.66. The first-order chi connectivity index (χ1) is 25.1. The van der Waals surface area contributed by atoms with Crippen molar-refractivity contribution < 1.29 is 45.4 Å². The van der Waals surface area contributed by atoms with Crippen LogP contribution in [0.1, 0.15) is 47.7 Å². The van der Waals surface area contributed by atoms with Crippen molar-refractivity contribution in [1.82, 2.24) is 49.4 Å². The fraction of sp³-hybridized carbons (Fsp3) is 0.500. The number of hydrogen-bond donors (Lipinski definition) is 2. The average Bonchev–Trinajstić information content (AvgIpc) is 3.87. The average molecular weight is 752 g/mol. The number of carbonyl (C=O) groups is 2. The number of likely N-dealkylation sites (tertiary alicyclic amines) is 3. The number of carbonyl (C=O) groups excluding carboxylic acids is 1. The number of rotatable bonds is 7. The zero-order valence-electron chi connectivity index (χ0n) is 27.8. The summed E-state index contributed by atoms with van der Waals surface area (Å²) in [5, 5.41) is 22.3. The lowest BCUT2D eigenvalue weighted by atomic mass is 9.83. The van der Waals surface area contributed by atoms with E-state index >= 15 is 0 Å². The minimum atomic E-state index is -5.08. The Labute approximate surface area is 296 Å². The van der Waals surface area contributed by atoms with Gasteiger partial charge in [-0.1, -0.05) is 0 Å². The van der Waals surface area contributed by atoms with E-state index in [1.54, 1.807) is 17.3 Å². The number of hydrogen-bond acceptors (Lipinski definition) is 10. The van der Waals surface area contributed by atoms with Crippen molar-refractivity contribution in [2.24, 2.45) is 0 Å². The summed E-state index contributed by atoms with van der Waals surface area (Å²) in [5.74, 6) is -4.70. The minimum Gasteiger partial charge on any atom is -0.475 e. The highest BCUT2D eigenvalue weighted by molar-refractivity contribution is 5.92. The zero-order chi connectivity index (χ0) is 38.1. The van der Waals surface area contributed by atoms with Crippen LogP contribution in [-0.4, -0.2) is 124 Å². The standard InChI is InChI=1S/C30H31F4N11O.C2HF3O2/c31-20-2-8-42(14-20)15-21-11-24(41-28(40-21)30(32,33)34)27(46)43-9-3-22(4-10-43)44-16-29(17-44,5-6-35)45-13-19(12-39-45)25-23-1-7-36-26(23)38-18-37-25;3-2(4,5)1(6)7/h1,7,11-13,18,20,22H,2-5,8-10,14-17H2,(H,36,37,38);(H,6,7)/t20-;/m0./s1. The number of nitrogens with one attached hydrogen (secondary N) is 1. The highest BCUT2D eigenvalue weighted by Gasteiger charge is 2.48. The van der Waals surface area contributed by atoms with Crippen molar-refractivity contribution in [2.45, 2.75) is 62.3 Å². The van der Waals surface area contributed by atoms with Gasteiger partial charge in [-0.2, -0.15) is 36.7 Å². The number of halogens is 7. The molecule has 7 rings (SSSR count). The molecular formula is C32H32F7N11O3. The smallest absolute Gasteiger partial charge is 0.475 e. The van der Waals surface area contributed by atoms with Crippen molar-refractivity contribution in [1.29, 1.82) is 5.26 Å². The molecule has 1 atom stereocenters. The maximum Gasteiger partial charge on any atom is 0.490 e. The van der Waals surface area contributed by atoms with Gasteiger partial charge >= 0.3 is 18.3 Å². The monoisotopic (exact) mass is 751 g/mol. The lowest BCUT2D eigenvalue weighted by molar-refractivity contribution is -0.192. The maximum absolute atomic E-state index is 13.6. The Bertz CT molecular complexity index is 1990. The second-order valence-electron chi connectivity index (χ2n) is 13.1. The molecule has 0 spiro atoms. The van der Waals surface area contributed by atoms with E-state index in [1.165, 1.54) is 17.3 Å². The molecule has 4 aromatic heterocycles. The first-order valence-electron chi connectivity index (χ1n) is 16.4. The Hall–Kier alpha value is -5.23. The van der Waals surface area contributed by atoms with Gasteiger partial charge in [-0.15, -0.1) is 0 Å². The topological polar surface area (TPSA) is 173 Å². The Kier molecular flexibility index (Phi) is 10.4. The van der Waals surface area contributed by atoms with Gasteiger partial charge in [0.25, 0.3) is 5.91 Å². The summed E-state index contributed by atoms with van der Waals surface area (Å²) in [7, 11) is 0. The molecule has 3 aliphatic heterocycles. The maximum atomic E-state index is 13.6. The molecule has 53 heavy (non-hydrogen) atoms. The summed E-state index contributed by atoms with van der Waals surface area (Å²) in [6, 6.07) is 5.65. The fourth-order valence-electron chi connectivity index (χ4n) is 6.83. The van der Waals surface area contributed by atoms with Crippen LogP contribution >= 0.6 is 0 Å².